The molecule has 104 valence electrons. The minimum Gasteiger partial charge on any atom is -0.480 e. The van der Waals surface area contributed by atoms with Crippen LogP contribution in [0, 0.1) is 17.0 Å². The number of nitro groups is 1. The van der Waals surface area contributed by atoms with E-state index in [-0.39, 0.29) is 11.4 Å². The number of aryl methyl sites for hydroxylation is 1. The van der Waals surface area contributed by atoms with Gasteiger partial charge in [-0.05, 0) is 25.3 Å². The van der Waals surface area contributed by atoms with Gasteiger partial charge in [-0.25, -0.2) is 4.79 Å². The first-order chi connectivity index (χ1) is 8.88. The molecule has 1 aromatic carbocycles. The number of nitrogens with zero attached hydrogens (tertiary/aromatic N) is 1. The van der Waals surface area contributed by atoms with Crippen LogP contribution in [0.15, 0.2) is 18.2 Å². The van der Waals surface area contributed by atoms with Crippen LogP contribution in [0.4, 0.5) is 11.4 Å². The summed E-state index contributed by atoms with van der Waals surface area (Å²) in [5, 5.41) is 23.3. The van der Waals surface area contributed by atoms with E-state index in [1.54, 1.807) is 32.9 Å². The van der Waals surface area contributed by atoms with Crippen molar-refractivity contribution in [2.45, 2.75) is 39.2 Å². The summed E-state index contributed by atoms with van der Waals surface area (Å²) in [7, 11) is 0. The molecular weight excluding hydrogens is 248 g/mol. The number of benzene rings is 1. The molecule has 19 heavy (non-hydrogen) atoms. The second kappa shape index (κ2) is 5.69. The number of nitro benzene ring substituents is 1. The number of hydrogen-bond donors (Lipinski definition) is 2. The lowest BCUT2D eigenvalue weighted by molar-refractivity contribution is -0.384. The molecule has 1 rings (SSSR count). The average molecular weight is 266 g/mol. The summed E-state index contributed by atoms with van der Waals surface area (Å²) in [6, 6.07) is 4.67. The van der Waals surface area contributed by atoms with Crippen LogP contribution in [0.1, 0.15) is 32.3 Å². The van der Waals surface area contributed by atoms with Crippen molar-refractivity contribution in [3.05, 3.63) is 33.9 Å². The lowest BCUT2D eigenvalue weighted by Crippen LogP contribution is -2.45. The number of nitrogens with one attached hydrogen (secondary N) is 1. The van der Waals surface area contributed by atoms with Crippen LogP contribution in [-0.2, 0) is 4.79 Å². The van der Waals surface area contributed by atoms with Crippen LogP contribution < -0.4 is 5.32 Å². The number of para-hydroxylation sites is 1. The molecule has 0 bridgehead atoms. The predicted octanol–water partition coefficient (Wildman–Crippen LogP) is 2.96. The van der Waals surface area contributed by atoms with Crippen molar-refractivity contribution >= 4 is 17.3 Å². The Morgan fingerprint density at radius 1 is 1.42 bits per heavy atom. The lowest BCUT2D eigenvalue weighted by Gasteiger charge is -2.29. The van der Waals surface area contributed by atoms with Crippen molar-refractivity contribution in [3.63, 3.8) is 0 Å². The summed E-state index contributed by atoms with van der Waals surface area (Å²) in [5.41, 5.74) is -0.357. The molecule has 1 aromatic rings. The van der Waals surface area contributed by atoms with Crippen molar-refractivity contribution in [3.8, 4) is 0 Å². The van der Waals surface area contributed by atoms with Gasteiger partial charge < -0.3 is 10.4 Å². The van der Waals surface area contributed by atoms with Crippen LogP contribution in [0.5, 0.6) is 0 Å². The fraction of sp³-hybridized carbons (Fsp3) is 0.462. The number of aliphatic carboxylic acids is 1. The van der Waals surface area contributed by atoms with Crippen LogP contribution >= 0.6 is 0 Å². The fourth-order valence-electron chi connectivity index (χ4n) is 1.99. The largest absolute Gasteiger partial charge is 0.480 e. The number of carboxylic acids is 1. The standard InChI is InChI=1S/C13H18N2O4/c1-4-13(5-2,12(16)17)14-11-9(3)7-6-8-10(11)15(18)19/h6-8,14H,4-5H2,1-3H3,(H,16,17). The summed E-state index contributed by atoms with van der Waals surface area (Å²) in [5.74, 6) is -1.00. The van der Waals surface area contributed by atoms with Crippen LogP contribution in [-0.4, -0.2) is 21.5 Å². The average Bonchev–Trinajstić information content (AvgIpc) is 2.37. The van der Waals surface area contributed by atoms with Crippen molar-refractivity contribution in [2.24, 2.45) is 0 Å². The summed E-state index contributed by atoms with van der Waals surface area (Å²) >= 11 is 0. The highest BCUT2D eigenvalue weighted by Gasteiger charge is 2.36. The molecule has 0 saturated carbocycles. The third kappa shape index (κ3) is 2.83. The van der Waals surface area contributed by atoms with Gasteiger partial charge in [0.25, 0.3) is 5.69 Å². The number of carbonyl (C=O) groups is 1. The lowest BCUT2D eigenvalue weighted by atomic mass is 9.92. The maximum Gasteiger partial charge on any atom is 0.329 e. The third-order valence-corrected chi connectivity index (χ3v) is 3.43. The van der Waals surface area contributed by atoms with E-state index in [1.807, 2.05) is 0 Å². The number of rotatable bonds is 6. The van der Waals surface area contributed by atoms with Crippen molar-refractivity contribution in [1.82, 2.24) is 0 Å². The Morgan fingerprint density at radius 3 is 2.42 bits per heavy atom. The van der Waals surface area contributed by atoms with Gasteiger partial charge in [0.15, 0.2) is 0 Å². The van der Waals surface area contributed by atoms with Crippen LogP contribution in [0.3, 0.4) is 0 Å². The van der Waals surface area contributed by atoms with E-state index < -0.39 is 16.4 Å². The minimum atomic E-state index is -1.18. The van der Waals surface area contributed by atoms with Gasteiger partial charge in [-0.2, -0.15) is 0 Å². The SMILES string of the molecule is CCC(CC)(Nc1c(C)cccc1[N+](=O)[O-])C(=O)O. The van der Waals surface area contributed by atoms with Crippen molar-refractivity contribution < 1.29 is 14.8 Å². The van der Waals surface area contributed by atoms with Gasteiger partial charge in [0, 0.05) is 6.07 Å². The monoisotopic (exact) mass is 266 g/mol. The van der Waals surface area contributed by atoms with Gasteiger partial charge in [0.1, 0.15) is 11.2 Å². The molecule has 2 N–H and O–H groups in total. The smallest absolute Gasteiger partial charge is 0.329 e. The molecule has 0 saturated heterocycles. The minimum absolute atomic E-state index is 0.104. The molecule has 6 nitrogen and oxygen atoms in total. The number of carboxylic acid groups (broad SMARTS) is 1. The Kier molecular flexibility index (Phi) is 4.47. The molecule has 0 atom stereocenters. The molecule has 0 spiro atoms. The second-order valence-corrected chi connectivity index (χ2v) is 4.45. The molecule has 0 aliphatic carbocycles. The maximum atomic E-state index is 11.4. The topological polar surface area (TPSA) is 92.5 Å². The molecule has 0 radical (unpaired) electrons. The summed E-state index contributed by atoms with van der Waals surface area (Å²) < 4.78 is 0. The van der Waals surface area contributed by atoms with Crippen LogP contribution in [0.2, 0.25) is 0 Å². The number of anilines is 1. The van der Waals surface area contributed by atoms with Crippen molar-refractivity contribution in [2.75, 3.05) is 5.32 Å². The van der Waals surface area contributed by atoms with Gasteiger partial charge in [0.2, 0.25) is 0 Å². The Hall–Kier alpha value is -2.11. The molecule has 0 heterocycles. The van der Waals surface area contributed by atoms with E-state index in [2.05, 4.69) is 5.32 Å². The predicted molar refractivity (Wildman–Crippen MR) is 72.4 cm³/mol. The highest BCUT2D eigenvalue weighted by atomic mass is 16.6. The van der Waals surface area contributed by atoms with Crippen LogP contribution in [0.25, 0.3) is 0 Å². The fourth-order valence-corrected chi connectivity index (χ4v) is 1.99. The molecule has 0 aromatic heterocycles. The highest BCUT2D eigenvalue weighted by Crippen LogP contribution is 2.32. The Bertz CT molecular complexity index is 495. The first-order valence-corrected chi connectivity index (χ1v) is 6.13. The van der Waals surface area contributed by atoms with Gasteiger partial charge in [-0.15, -0.1) is 0 Å². The van der Waals surface area contributed by atoms with Gasteiger partial charge >= 0.3 is 5.97 Å². The quantitative estimate of drug-likeness (QED) is 0.610. The van der Waals surface area contributed by atoms with E-state index in [9.17, 15) is 20.0 Å². The van der Waals surface area contributed by atoms with E-state index in [0.29, 0.717) is 18.4 Å². The van der Waals surface area contributed by atoms with E-state index in [4.69, 9.17) is 0 Å². The zero-order valence-corrected chi connectivity index (χ0v) is 11.3. The summed E-state index contributed by atoms with van der Waals surface area (Å²) in [6.07, 6.45) is 0.675. The normalized spacial score (nSPS) is 11.1. The molecule has 0 unspecified atom stereocenters. The van der Waals surface area contributed by atoms with Crippen molar-refractivity contribution in [1.29, 1.82) is 0 Å². The maximum absolute atomic E-state index is 11.4. The second-order valence-electron chi connectivity index (χ2n) is 4.45. The zero-order chi connectivity index (χ0) is 14.6. The number of hydrogen-bond acceptors (Lipinski definition) is 4. The summed E-state index contributed by atoms with van der Waals surface area (Å²) in [4.78, 5) is 22.0. The molecule has 0 aliphatic rings. The van der Waals surface area contributed by atoms with E-state index in [0.717, 1.165) is 0 Å². The molecular formula is C13H18N2O4. The van der Waals surface area contributed by atoms with Gasteiger partial charge in [0.05, 0.1) is 4.92 Å². The molecule has 0 aliphatic heterocycles. The highest BCUT2D eigenvalue weighted by molar-refractivity contribution is 5.84. The Labute approximate surface area is 111 Å². The Morgan fingerprint density at radius 2 is 2.00 bits per heavy atom. The summed E-state index contributed by atoms with van der Waals surface area (Å²) in [6.45, 7) is 5.21. The first kappa shape index (κ1) is 14.9. The Balaban J connectivity index is 3.31. The van der Waals surface area contributed by atoms with E-state index in [1.165, 1.54) is 6.07 Å². The molecule has 0 amide bonds. The molecule has 6 heteroatoms. The van der Waals surface area contributed by atoms with Gasteiger partial charge in [-0.3, -0.25) is 10.1 Å². The van der Waals surface area contributed by atoms with Gasteiger partial charge in [-0.1, -0.05) is 26.0 Å². The third-order valence-electron chi connectivity index (χ3n) is 3.43. The first-order valence-electron chi connectivity index (χ1n) is 6.13. The zero-order valence-electron chi connectivity index (χ0n) is 11.3. The molecule has 0 fully saturated rings. The van der Waals surface area contributed by atoms with E-state index >= 15 is 0 Å².